The number of ether oxygens (including phenoxy) is 4. The fraction of sp³-hybridized carbons (Fsp3) is 0.476. The molecule has 0 aromatic heterocycles. The Kier molecular flexibility index (Phi) is 8.52. The SMILES string of the molecule is CCCOc1ccc(C(=O)OCC2=C(C(=O)OCC)[C@H](C)NC(=O)N2)cc1OCC. The summed E-state index contributed by atoms with van der Waals surface area (Å²) >= 11 is 0. The number of hydrogen-bond acceptors (Lipinski definition) is 7. The van der Waals surface area contributed by atoms with E-state index in [1.807, 2.05) is 13.8 Å². The van der Waals surface area contributed by atoms with Crippen LogP contribution in [0.5, 0.6) is 11.5 Å². The van der Waals surface area contributed by atoms with Crippen molar-refractivity contribution in [2.45, 2.75) is 40.2 Å². The summed E-state index contributed by atoms with van der Waals surface area (Å²) in [5.74, 6) is -0.230. The number of esters is 2. The lowest BCUT2D eigenvalue weighted by Gasteiger charge is -2.26. The molecule has 0 aliphatic carbocycles. The largest absolute Gasteiger partial charge is 0.490 e. The van der Waals surface area contributed by atoms with Crippen molar-refractivity contribution in [2.24, 2.45) is 0 Å². The van der Waals surface area contributed by atoms with Crippen LogP contribution in [0, 0.1) is 0 Å². The maximum Gasteiger partial charge on any atom is 0.338 e. The van der Waals surface area contributed by atoms with E-state index in [9.17, 15) is 14.4 Å². The Morgan fingerprint density at radius 2 is 1.77 bits per heavy atom. The second-order valence-corrected chi connectivity index (χ2v) is 6.45. The standard InChI is InChI=1S/C21H28N2O7/c1-5-10-29-16-9-8-14(11-17(16)27-6-2)19(24)30-12-15-18(20(25)28-7-3)13(4)22-21(26)23-15/h8-9,11,13H,5-7,10,12H2,1-4H3,(H2,22,23,26)/t13-/m0/s1. The van der Waals surface area contributed by atoms with Crippen LogP contribution in [-0.4, -0.2) is 50.4 Å². The molecule has 0 saturated heterocycles. The normalized spacial score (nSPS) is 15.7. The predicted octanol–water partition coefficient (Wildman–Crippen LogP) is 2.55. The van der Waals surface area contributed by atoms with E-state index < -0.39 is 24.0 Å². The van der Waals surface area contributed by atoms with Gasteiger partial charge in [-0.1, -0.05) is 6.92 Å². The topological polar surface area (TPSA) is 112 Å². The van der Waals surface area contributed by atoms with E-state index in [0.717, 1.165) is 6.42 Å². The summed E-state index contributed by atoms with van der Waals surface area (Å²) in [5.41, 5.74) is 0.655. The lowest BCUT2D eigenvalue weighted by Crippen LogP contribution is -2.50. The zero-order valence-electron chi connectivity index (χ0n) is 17.7. The van der Waals surface area contributed by atoms with Crippen molar-refractivity contribution in [3.05, 3.63) is 35.0 Å². The summed E-state index contributed by atoms with van der Waals surface area (Å²) in [6, 6.07) is 3.69. The third-order valence-corrected chi connectivity index (χ3v) is 4.15. The number of nitrogens with one attached hydrogen (secondary N) is 2. The van der Waals surface area contributed by atoms with Gasteiger partial charge in [0.25, 0.3) is 0 Å². The maximum absolute atomic E-state index is 12.5. The first-order valence-electron chi connectivity index (χ1n) is 9.95. The molecule has 1 aliphatic rings. The summed E-state index contributed by atoms with van der Waals surface area (Å²) in [7, 11) is 0. The van der Waals surface area contributed by atoms with Crippen LogP contribution in [0.15, 0.2) is 29.5 Å². The highest BCUT2D eigenvalue weighted by atomic mass is 16.5. The van der Waals surface area contributed by atoms with Crippen LogP contribution in [0.4, 0.5) is 4.79 Å². The van der Waals surface area contributed by atoms with Crippen LogP contribution in [0.1, 0.15) is 44.5 Å². The Labute approximate surface area is 175 Å². The molecule has 2 N–H and O–H groups in total. The van der Waals surface area contributed by atoms with Crippen molar-refractivity contribution in [2.75, 3.05) is 26.4 Å². The van der Waals surface area contributed by atoms with E-state index in [1.54, 1.807) is 32.0 Å². The molecule has 0 bridgehead atoms. The van der Waals surface area contributed by atoms with Crippen LogP contribution in [0.3, 0.4) is 0 Å². The van der Waals surface area contributed by atoms with Gasteiger partial charge in [0.05, 0.1) is 42.7 Å². The molecule has 1 atom stereocenters. The summed E-state index contributed by atoms with van der Waals surface area (Å²) in [6.45, 7) is 7.99. The molecule has 2 amide bonds. The summed E-state index contributed by atoms with van der Waals surface area (Å²) in [5, 5.41) is 5.10. The lowest BCUT2D eigenvalue weighted by atomic mass is 10.0. The number of benzene rings is 1. The molecule has 164 valence electrons. The van der Waals surface area contributed by atoms with Gasteiger partial charge in [0, 0.05) is 0 Å². The van der Waals surface area contributed by atoms with E-state index >= 15 is 0 Å². The van der Waals surface area contributed by atoms with E-state index in [4.69, 9.17) is 18.9 Å². The second-order valence-electron chi connectivity index (χ2n) is 6.45. The Morgan fingerprint density at radius 1 is 1.00 bits per heavy atom. The van der Waals surface area contributed by atoms with Gasteiger partial charge in [-0.3, -0.25) is 0 Å². The molecule has 30 heavy (non-hydrogen) atoms. The van der Waals surface area contributed by atoms with Crippen LogP contribution in [0.2, 0.25) is 0 Å². The van der Waals surface area contributed by atoms with Crippen molar-refractivity contribution in [1.82, 2.24) is 10.6 Å². The lowest BCUT2D eigenvalue weighted by molar-refractivity contribution is -0.139. The molecule has 9 heteroatoms. The molecule has 0 spiro atoms. The van der Waals surface area contributed by atoms with Crippen molar-refractivity contribution in [3.63, 3.8) is 0 Å². The first-order chi connectivity index (χ1) is 14.4. The minimum atomic E-state index is -0.630. The molecule has 1 heterocycles. The van der Waals surface area contributed by atoms with Gasteiger partial charge in [-0.05, 0) is 45.4 Å². The molecule has 2 rings (SSSR count). The number of amides is 2. The average Bonchev–Trinajstić information content (AvgIpc) is 2.70. The first-order valence-corrected chi connectivity index (χ1v) is 9.95. The Bertz CT molecular complexity index is 820. The Morgan fingerprint density at radius 3 is 2.43 bits per heavy atom. The quantitative estimate of drug-likeness (QED) is 0.560. The molecule has 0 radical (unpaired) electrons. The fourth-order valence-electron chi connectivity index (χ4n) is 2.85. The van der Waals surface area contributed by atoms with Gasteiger partial charge in [-0.15, -0.1) is 0 Å². The second kappa shape index (κ2) is 11.1. The molecule has 1 aromatic rings. The van der Waals surface area contributed by atoms with Gasteiger partial charge in [0.1, 0.15) is 6.61 Å². The third-order valence-electron chi connectivity index (χ3n) is 4.15. The maximum atomic E-state index is 12.5. The smallest absolute Gasteiger partial charge is 0.338 e. The van der Waals surface area contributed by atoms with E-state index in [1.165, 1.54) is 0 Å². The zero-order chi connectivity index (χ0) is 22.1. The van der Waals surface area contributed by atoms with E-state index in [0.29, 0.717) is 24.7 Å². The molecule has 9 nitrogen and oxygen atoms in total. The van der Waals surface area contributed by atoms with Crippen molar-refractivity contribution in [1.29, 1.82) is 0 Å². The Balaban J connectivity index is 2.18. The van der Waals surface area contributed by atoms with Crippen LogP contribution in [-0.2, 0) is 14.3 Å². The van der Waals surface area contributed by atoms with Crippen molar-refractivity contribution in [3.8, 4) is 11.5 Å². The number of carbonyl (C=O) groups excluding carboxylic acids is 3. The predicted molar refractivity (Wildman–Crippen MR) is 108 cm³/mol. The number of urea groups is 1. The molecule has 1 aromatic carbocycles. The highest BCUT2D eigenvalue weighted by Crippen LogP contribution is 2.29. The number of rotatable bonds is 10. The van der Waals surface area contributed by atoms with Crippen LogP contribution >= 0.6 is 0 Å². The highest BCUT2D eigenvalue weighted by molar-refractivity contribution is 5.95. The molecule has 0 saturated carbocycles. The monoisotopic (exact) mass is 420 g/mol. The van der Waals surface area contributed by atoms with Gasteiger partial charge in [0.2, 0.25) is 0 Å². The van der Waals surface area contributed by atoms with Crippen molar-refractivity contribution < 1.29 is 33.3 Å². The minimum Gasteiger partial charge on any atom is -0.490 e. The molecular formula is C21H28N2O7. The Hall–Kier alpha value is -3.23. The van der Waals surface area contributed by atoms with Gasteiger partial charge < -0.3 is 29.6 Å². The first kappa shape index (κ1) is 23.1. The van der Waals surface area contributed by atoms with Crippen LogP contribution in [0.25, 0.3) is 0 Å². The molecular weight excluding hydrogens is 392 g/mol. The average molecular weight is 420 g/mol. The summed E-state index contributed by atoms with van der Waals surface area (Å²) < 4.78 is 21.6. The van der Waals surface area contributed by atoms with Gasteiger partial charge in [-0.25, -0.2) is 14.4 Å². The molecule has 0 fully saturated rings. The zero-order valence-corrected chi connectivity index (χ0v) is 17.7. The van der Waals surface area contributed by atoms with Crippen molar-refractivity contribution >= 4 is 18.0 Å². The molecule has 1 aliphatic heterocycles. The highest BCUT2D eigenvalue weighted by Gasteiger charge is 2.30. The van der Waals surface area contributed by atoms with Crippen LogP contribution < -0.4 is 20.1 Å². The summed E-state index contributed by atoms with van der Waals surface area (Å²) in [6.07, 6.45) is 0.840. The number of carbonyl (C=O) groups is 3. The number of hydrogen-bond donors (Lipinski definition) is 2. The summed E-state index contributed by atoms with van der Waals surface area (Å²) in [4.78, 5) is 36.6. The van der Waals surface area contributed by atoms with E-state index in [-0.39, 0.29) is 30.0 Å². The van der Waals surface area contributed by atoms with E-state index in [2.05, 4.69) is 10.6 Å². The third kappa shape index (κ3) is 5.88. The minimum absolute atomic E-state index is 0.183. The fourth-order valence-corrected chi connectivity index (χ4v) is 2.85. The van der Waals surface area contributed by atoms with Gasteiger partial charge in [-0.2, -0.15) is 0 Å². The van der Waals surface area contributed by atoms with Gasteiger partial charge >= 0.3 is 18.0 Å². The van der Waals surface area contributed by atoms with Gasteiger partial charge in [0.15, 0.2) is 11.5 Å². The molecule has 0 unspecified atom stereocenters.